The highest BCUT2D eigenvalue weighted by Gasteiger charge is 2.00. The van der Waals surface area contributed by atoms with Crippen molar-refractivity contribution in [3.05, 3.63) is 29.4 Å². The Kier molecular flexibility index (Phi) is 10.2. The second-order valence-corrected chi connectivity index (χ2v) is 2.57. The number of nitrogens with zero attached hydrogens (tertiary/aromatic N) is 2. The molecule has 86 valence electrons. The largest absolute Gasteiger partial charge is 0.238 e. The highest BCUT2D eigenvalue weighted by molar-refractivity contribution is 5.47. The molecule has 0 saturated carbocycles. The second kappa shape index (κ2) is 9.38. The third-order valence-electron chi connectivity index (χ3n) is 1.73. The van der Waals surface area contributed by atoms with Gasteiger partial charge in [0.05, 0.1) is 5.69 Å². The maximum absolute atomic E-state index is 4.22. The summed E-state index contributed by atoms with van der Waals surface area (Å²) in [7, 11) is 0. The molecule has 0 saturated heterocycles. The van der Waals surface area contributed by atoms with Crippen LogP contribution in [0.1, 0.15) is 50.5 Å². The van der Waals surface area contributed by atoms with Gasteiger partial charge in [-0.05, 0) is 32.4 Å². The van der Waals surface area contributed by atoms with Crippen LogP contribution >= 0.6 is 0 Å². The summed E-state index contributed by atoms with van der Waals surface area (Å²) < 4.78 is 0. The van der Waals surface area contributed by atoms with E-state index in [-0.39, 0.29) is 0 Å². The Labute approximate surface area is 94.5 Å². The first kappa shape index (κ1) is 16.3. The molecule has 0 atom stereocenters. The first-order valence-corrected chi connectivity index (χ1v) is 5.59. The number of hydrogen-bond donors (Lipinski definition) is 0. The van der Waals surface area contributed by atoms with Crippen LogP contribution in [0.4, 0.5) is 0 Å². The van der Waals surface area contributed by atoms with E-state index in [1.165, 1.54) is 0 Å². The fraction of sp³-hybridized carbons (Fsp3) is 0.538. The van der Waals surface area contributed by atoms with Crippen LogP contribution in [0.15, 0.2) is 6.58 Å². The van der Waals surface area contributed by atoms with Gasteiger partial charge in [0.25, 0.3) is 0 Å². The first-order valence-electron chi connectivity index (χ1n) is 5.59. The standard InChI is InChI=1S/C9H12N2.2C2H6/c1-5-9-6(2)7(3)10-8(4)11-9;2*1-2/h5H,1H2,2-4H3;2*1-2H3. The van der Waals surface area contributed by atoms with Crippen molar-refractivity contribution in [1.29, 1.82) is 0 Å². The van der Waals surface area contributed by atoms with E-state index in [1.807, 2.05) is 48.5 Å². The summed E-state index contributed by atoms with van der Waals surface area (Å²) in [5.41, 5.74) is 3.09. The molecule has 0 fully saturated rings. The van der Waals surface area contributed by atoms with E-state index in [0.717, 1.165) is 22.8 Å². The molecule has 0 aromatic carbocycles. The van der Waals surface area contributed by atoms with Crippen molar-refractivity contribution in [2.24, 2.45) is 0 Å². The summed E-state index contributed by atoms with van der Waals surface area (Å²) in [6.45, 7) is 17.6. The fourth-order valence-corrected chi connectivity index (χ4v) is 0.994. The van der Waals surface area contributed by atoms with Crippen LogP contribution in [-0.4, -0.2) is 9.97 Å². The van der Waals surface area contributed by atoms with Crippen molar-refractivity contribution < 1.29 is 0 Å². The average Bonchev–Trinajstić information content (AvgIpc) is 2.29. The molecular weight excluding hydrogens is 184 g/mol. The van der Waals surface area contributed by atoms with Crippen LogP contribution in [0.5, 0.6) is 0 Å². The molecule has 1 aromatic heterocycles. The van der Waals surface area contributed by atoms with Gasteiger partial charge < -0.3 is 0 Å². The minimum Gasteiger partial charge on any atom is -0.238 e. The van der Waals surface area contributed by atoms with E-state index in [0.29, 0.717) is 0 Å². The highest BCUT2D eigenvalue weighted by atomic mass is 14.9. The lowest BCUT2D eigenvalue weighted by atomic mass is 10.2. The summed E-state index contributed by atoms with van der Waals surface area (Å²) in [5, 5.41) is 0. The van der Waals surface area contributed by atoms with Crippen molar-refractivity contribution in [1.82, 2.24) is 9.97 Å². The summed E-state index contributed by atoms with van der Waals surface area (Å²) in [6.07, 6.45) is 1.76. The minimum atomic E-state index is 0.808. The van der Waals surface area contributed by atoms with Gasteiger partial charge in [0.2, 0.25) is 0 Å². The smallest absolute Gasteiger partial charge is 0.126 e. The summed E-state index contributed by atoms with van der Waals surface area (Å²) in [5.74, 6) is 0.808. The molecule has 15 heavy (non-hydrogen) atoms. The number of aromatic nitrogens is 2. The third-order valence-corrected chi connectivity index (χ3v) is 1.73. The molecule has 0 aliphatic heterocycles. The number of aryl methyl sites for hydroxylation is 2. The van der Waals surface area contributed by atoms with Crippen LogP contribution in [0.3, 0.4) is 0 Å². The highest BCUT2D eigenvalue weighted by Crippen LogP contribution is 2.09. The van der Waals surface area contributed by atoms with Crippen molar-refractivity contribution >= 4 is 6.08 Å². The van der Waals surface area contributed by atoms with E-state index in [2.05, 4.69) is 16.5 Å². The normalized spacial score (nSPS) is 7.93. The predicted molar refractivity (Wildman–Crippen MR) is 69.0 cm³/mol. The molecule has 0 unspecified atom stereocenters. The molecule has 0 spiro atoms. The fourth-order valence-electron chi connectivity index (χ4n) is 0.994. The van der Waals surface area contributed by atoms with Crippen LogP contribution < -0.4 is 0 Å². The van der Waals surface area contributed by atoms with E-state index < -0.39 is 0 Å². The maximum Gasteiger partial charge on any atom is 0.126 e. The van der Waals surface area contributed by atoms with Gasteiger partial charge in [0.15, 0.2) is 0 Å². The van der Waals surface area contributed by atoms with Crippen molar-refractivity contribution in [2.45, 2.75) is 48.5 Å². The van der Waals surface area contributed by atoms with Crippen LogP contribution in [0.2, 0.25) is 0 Å². The summed E-state index contributed by atoms with van der Waals surface area (Å²) in [6, 6.07) is 0. The Morgan fingerprint density at radius 1 is 0.933 bits per heavy atom. The maximum atomic E-state index is 4.22. The van der Waals surface area contributed by atoms with E-state index in [1.54, 1.807) is 6.08 Å². The SMILES string of the molecule is C=Cc1nc(C)nc(C)c1C.CC.CC. The lowest BCUT2D eigenvalue weighted by Crippen LogP contribution is -1.97. The molecule has 1 heterocycles. The quantitative estimate of drug-likeness (QED) is 0.694. The molecular formula is C13H24N2. The predicted octanol–water partition coefficient (Wildman–Crippen LogP) is 4.10. The minimum absolute atomic E-state index is 0.808. The number of rotatable bonds is 1. The van der Waals surface area contributed by atoms with Crippen LogP contribution in [-0.2, 0) is 0 Å². The zero-order valence-electron chi connectivity index (χ0n) is 11.2. The molecule has 0 amide bonds. The van der Waals surface area contributed by atoms with Gasteiger partial charge in [-0.3, -0.25) is 0 Å². The van der Waals surface area contributed by atoms with Gasteiger partial charge in [-0.1, -0.05) is 34.3 Å². The molecule has 2 heteroatoms. The Hall–Kier alpha value is -1.18. The lowest BCUT2D eigenvalue weighted by molar-refractivity contribution is 0.976. The number of hydrogen-bond acceptors (Lipinski definition) is 2. The average molecular weight is 208 g/mol. The topological polar surface area (TPSA) is 25.8 Å². The molecule has 2 nitrogen and oxygen atoms in total. The second-order valence-electron chi connectivity index (χ2n) is 2.57. The Balaban J connectivity index is 0. The summed E-state index contributed by atoms with van der Waals surface area (Å²) >= 11 is 0. The van der Waals surface area contributed by atoms with Gasteiger partial charge in [-0.2, -0.15) is 0 Å². The van der Waals surface area contributed by atoms with E-state index >= 15 is 0 Å². The third kappa shape index (κ3) is 5.31. The molecule has 1 aromatic rings. The van der Waals surface area contributed by atoms with Gasteiger partial charge in [0, 0.05) is 5.69 Å². The molecule has 0 aliphatic rings. The van der Waals surface area contributed by atoms with Gasteiger partial charge >= 0.3 is 0 Å². The molecule has 0 bridgehead atoms. The Bertz CT molecular complexity index is 291. The lowest BCUT2D eigenvalue weighted by Gasteiger charge is -2.03. The van der Waals surface area contributed by atoms with Crippen LogP contribution in [0.25, 0.3) is 6.08 Å². The van der Waals surface area contributed by atoms with Gasteiger partial charge in [-0.15, -0.1) is 0 Å². The molecule has 0 aliphatic carbocycles. The summed E-state index contributed by atoms with van der Waals surface area (Å²) in [4.78, 5) is 8.45. The molecule has 0 radical (unpaired) electrons. The Morgan fingerprint density at radius 3 is 1.80 bits per heavy atom. The Morgan fingerprint density at radius 2 is 1.40 bits per heavy atom. The van der Waals surface area contributed by atoms with Crippen molar-refractivity contribution in [3.63, 3.8) is 0 Å². The van der Waals surface area contributed by atoms with Gasteiger partial charge in [-0.25, -0.2) is 9.97 Å². The van der Waals surface area contributed by atoms with Crippen molar-refractivity contribution in [2.75, 3.05) is 0 Å². The zero-order chi connectivity index (χ0) is 12.4. The van der Waals surface area contributed by atoms with E-state index in [4.69, 9.17) is 0 Å². The van der Waals surface area contributed by atoms with E-state index in [9.17, 15) is 0 Å². The van der Waals surface area contributed by atoms with Crippen LogP contribution in [0, 0.1) is 20.8 Å². The molecule has 0 N–H and O–H groups in total. The first-order chi connectivity index (χ1) is 7.15. The van der Waals surface area contributed by atoms with Crippen molar-refractivity contribution in [3.8, 4) is 0 Å². The zero-order valence-corrected chi connectivity index (χ0v) is 11.2. The monoisotopic (exact) mass is 208 g/mol. The molecule has 1 rings (SSSR count). The van der Waals surface area contributed by atoms with Gasteiger partial charge in [0.1, 0.15) is 5.82 Å².